The van der Waals surface area contributed by atoms with Gasteiger partial charge in [0.05, 0.1) is 25.0 Å². The van der Waals surface area contributed by atoms with Crippen LogP contribution in [0.1, 0.15) is 36.0 Å². The van der Waals surface area contributed by atoms with Gasteiger partial charge >= 0.3 is 0 Å². The Bertz CT molecular complexity index is 592. The molecule has 5 nitrogen and oxygen atoms in total. The van der Waals surface area contributed by atoms with Crippen molar-refractivity contribution in [1.29, 1.82) is 0 Å². The Morgan fingerprint density at radius 3 is 2.81 bits per heavy atom. The first-order chi connectivity index (χ1) is 10.2. The van der Waals surface area contributed by atoms with Crippen molar-refractivity contribution in [2.75, 3.05) is 13.7 Å². The lowest BCUT2D eigenvalue weighted by atomic mass is 10.2. The maximum atomic E-state index is 5.17. The minimum absolute atomic E-state index is 0.638. The molecule has 0 spiro atoms. The van der Waals surface area contributed by atoms with Crippen molar-refractivity contribution < 1.29 is 4.74 Å². The van der Waals surface area contributed by atoms with E-state index in [-0.39, 0.29) is 0 Å². The maximum Gasteiger partial charge on any atom is 0.213 e. The average Bonchev–Trinajstić information content (AvgIpc) is 2.75. The summed E-state index contributed by atoms with van der Waals surface area (Å²) in [5, 5.41) is 8.08. The van der Waals surface area contributed by atoms with Crippen molar-refractivity contribution in [3.05, 3.63) is 40.8 Å². The molecule has 0 unspecified atom stereocenters. The third-order valence-electron chi connectivity index (χ3n) is 3.56. The van der Waals surface area contributed by atoms with E-state index < -0.39 is 0 Å². The number of pyridine rings is 1. The van der Waals surface area contributed by atoms with E-state index in [1.54, 1.807) is 7.11 Å². The fourth-order valence-corrected chi connectivity index (χ4v) is 2.35. The molecule has 2 rings (SSSR count). The molecule has 21 heavy (non-hydrogen) atoms. The quantitative estimate of drug-likeness (QED) is 0.795. The van der Waals surface area contributed by atoms with Gasteiger partial charge in [-0.3, -0.25) is 4.68 Å². The van der Waals surface area contributed by atoms with Crippen molar-refractivity contribution in [2.24, 2.45) is 0 Å². The van der Waals surface area contributed by atoms with E-state index in [4.69, 9.17) is 4.74 Å². The summed E-state index contributed by atoms with van der Waals surface area (Å²) in [5.74, 6) is 0.638. The zero-order chi connectivity index (χ0) is 15.2. The Morgan fingerprint density at radius 1 is 1.29 bits per heavy atom. The molecule has 0 saturated carbocycles. The Hall–Kier alpha value is -1.88. The molecule has 2 aromatic rings. The first kappa shape index (κ1) is 15.5. The molecular formula is C16H24N4O. The number of ether oxygens (including phenoxy) is 1. The van der Waals surface area contributed by atoms with E-state index in [9.17, 15) is 0 Å². The summed E-state index contributed by atoms with van der Waals surface area (Å²) in [5.41, 5.74) is 4.51. The summed E-state index contributed by atoms with van der Waals surface area (Å²) < 4.78 is 7.18. The number of rotatable bonds is 7. The van der Waals surface area contributed by atoms with Crippen LogP contribution in [-0.2, 0) is 13.1 Å². The minimum Gasteiger partial charge on any atom is -0.481 e. The monoisotopic (exact) mass is 288 g/mol. The lowest BCUT2D eigenvalue weighted by molar-refractivity contribution is 0.395. The molecule has 5 heteroatoms. The molecule has 0 aliphatic rings. The Labute approximate surface area is 126 Å². The summed E-state index contributed by atoms with van der Waals surface area (Å²) in [7, 11) is 1.63. The van der Waals surface area contributed by atoms with Crippen molar-refractivity contribution in [2.45, 2.75) is 40.3 Å². The summed E-state index contributed by atoms with van der Waals surface area (Å²) in [6.45, 7) is 8.91. The van der Waals surface area contributed by atoms with Crippen LogP contribution >= 0.6 is 0 Å². The van der Waals surface area contributed by atoms with Gasteiger partial charge in [-0.15, -0.1) is 0 Å². The van der Waals surface area contributed by atoms with Crippen molar-refractivity contribution in [1.82, 2.24) is 20.1 Å². The van der Waals surface area contributed by atoms with Crippen molar-refractivity contribution >= 4 is 0 Å². The first-order valence-corrected chi connectivity index (χ1v) is 7.39. The first-order valence-electron chi connectivity index (χ1n) is 7.39. The van der Waals surface area contributed by atoms with Crippen LogP contribution in [0.4, 0.5) is 0 Å². The number of hydrogen-bond acceptors (Lipinski definition) is 4. The molecule has 0 bridgehead atoms. The molecule has 0 aliphatic heterocycles. The maximum absolute atomic E-state index is 5.17. The van der Waals surface area contributed by atoms with Gasteiger partial charge in [-0.25, -0.2) is 4.98 Å². The van der Waals surface area contributed by atoms with Crippen LogP contribution in [0.15, 0.2) is 18.2 Å². The van der Waals surface area contributed by atoms with Crippen molar-refractivity contribution in [3.63, 3.8) is 0 Å². The second-order valence-electron chi connectivity index (χ2n) is 5.16. The van der Waals surface area contributed by atoms with E-state index in [0.29, 0.717) is 12.4 Å². The molecule has 0 saturated heterocycles. The van der Waals surface area contributed by atoms with Gasteiger partial charge in [-0.2, -0.15) is 5.10 Å². The summed E-state index contributed by atoms with van der Waals surface area (Å²) in [6.07, 6.45) is 1.14. The number of nitrogens with one attached hydrogen (secondary N) is 1. The predicted octanol–water partition coefficient (Wildman–Crippen LogP) is 2.45. The zero-order valence-electron chi connectivity index (χ0n) is 13.3. The Kier molecular flexibility index (Phi) is 5.33. The van der Waals surface area contributed by atoms with Crippen LogP contribution in [0.2, 0.25) is 0 Å². The molecule has 0 fully saturated rings. The number of nitrogens with zero attached hydrogens (tertiary/aromatic N) is 3. The lowest BCUT2D eigenvalue weighted by Crippen LogP contribution is -2.15. The second kappa shape index (κ2) is 7.22. The van der Waals surface area contributed by atoms with Crippen LogP contribution in [0.3, 0.4) is 0 Å². The lowest BCUT2D eigenvalue weighted by Gasteiger charge is -2.07. The number of hydrogen-bond donors (Lipinski definition) is 1. The number of methoxy groups -OCH3 is 1. The van der Waals surface area contributed by atoms with Gasteiger partial charge in [0.25, 0.3) is 0 Å². The van der Waals surface area contributed by atoms with E-state index in [1.807, 2.05) is 22.9 Å². The summed E-state index contributed by atoms with van der Waals surface area (Å²) >= 11 is 0. The molecule has 0 amide bonds. The topological polar surface area (TPSA) is 52.0 Å². The fourth-order valence-electron chi connectivity index (χ4n) is 2.35. The van der Waals surface area contributed by atoms with Crippen molar-refractivity contribution in [3.8, 4) is 5.88 Å². The van der Waals surface area contributed by atoms with Gasteiger partial charge in [-0.1, -0.05) is 13.0 Å². The van der Waals surface area contributed by atoms with Gasteiger partial charge < -0.3 is 10.1 Å². The van der Waals surface area contributed by atoms with Crippen LogP contribution in [0.25, 0.3) is 0 Å². The third kappa shape index (κ3) is 3.82. The molecule has 0 aliphatic carbocycles. The molecule has 0 atom stereocenters. The molecule has 0 aromatic carbocycles. The Morgan fingerprint density at radius 2 is 2.10 bits per heavy atom. The van der Waals surface area contributed by atoms with Crippen LogP contribution in [-0.4, -0.2) is 28.4 Å². The highest BCUT2D eigenvalue weighted by Gasteiger charge is 2.11. The van der Waals surface area contributed by atoms with E-state index in [1.165, 1.54) is 11.3 Å². The number of aryl methyl sites for hydroxylation is 1. The van der Waals surface area contributed by atoms with Gasteiger partial charge in [0, 0.05) is 23.9 Å². The Balaban J connectivity index is 2.14. The van der Waals surface area contributed by atoms with Crippen LogP contribution < -0.4 is 10.1 Å². The van der Waals surface area contributed by atoms with Crippen LogP contribution in [0, 0.1) is 13.8 Å². The zero-order valence-corrected chi connectivity index (χ0v) is 13.3. The van der Waals surface area contributed by atoms with Gasteiger partial charge in [0.1, 0.15) is 0 Å². The minimum atomic E-state index is 0.638. The van der Waals surface area contributed by atoms with Crippen LogP contribution in [0.5, 0.6) is 5.88 Å². The smallest absolute Gasteiger partial charge is 0.213 e. The van der Waals surface area contributed by atoms with E-state index >= 15 is 0 Å². The highest BCUT2D eigenvalue weighted by atomic mass is 16.5. The third-order valence-corrected chi connectivity index (χ3v) is 3.56. The van der Waals surface area contributed by atoms with E-state index in [0.717, 1.165) is 30.9 Å². The summed E-state index contributed by atoms with van der Waals surface area (Å²) in [6, 6.07) is 5.80. The summed E-state index contributed by atoms with van der Waals surface area (Å²) in [4.78, 5) is 4.44. The fraction of sp³-hybridized carbons (Fsp3) is 0.500. The normalized spacial score (nSPS) is 10.9. The molecule has 2 heterocycles. The largest absolute Gasteiger partial charge is 0.481 e. The second-order valence-corrected chi connectivity index (χ2v) is 5.16. The molecule has 0 radical (unpaired) electrons. The predicted molar refractivity (Wildman–Crippen MR) is 83.6 cm³/mol. The number of aromatic nitrogens is 3. The SMILES string of the molecule is CCCNCc1c(C)nn(Cc2cccc(OC)n2)c1C. The van der Waals surface area contributed by atoms with Gasteiger partial charge in [-0.05, 0) is 32.9 Å². The molecule has 114 valence electrons. The van der Waals surface area contributed by atoms with Gasteiger partial charge in [0.15, 0.2) is 0 Å². The molecule has 1 N–H and O–H groups in total. The average molecular weight is 288 g/mol. The van der Waals surface area contributed by atoms with Gasteiger partial charge in [0.2, 0.25) is 5.88 Å². The molecular weight excluding hydrogens is 264 g/mol. The highest BCUT2D eigenvalue weighted by Crippen LogP contribution is 2.15. The molecule has 2 aromatic heterocycles. The highest BCUT2D eigenvalue weighted by molar-refractivity contribution is 5.25. The standard InChI is InChI=1S/C16H24N4O/c1-5-9-17-10-15-12(2)19-20(13(15)3)11-14-7-6-8-16(18-14)21-4/h6-8,17H,5,9-11H2,1-4H3. The van der Waals surface area contributed by atoms with E-state index in [2.05, 4.69) is 36.2 Å².